The lowest BCUT2D eigenvalue weighted by Crippen LogP contribution is -2.43. The van der Waals surface area contributed by atoms with Crippen LogP contribution in [0, 0.1) is 6.92 Å². The third kappa shape index (κ3) is 6.22. The van der Waals surface area contributed by atoms with Gasteiger partial charge in [0, 0.05) is 55.0 Å². The number of likely N-dealkylation sites (N-methyl/N-ethyl adjacent to an activating group) is 1. The summed E-state index contributed by atoms with van der Waals surface area (Å²) in [5, 5.41) is 14.1. The van der Waals surface area contributed by atoms with Crippen LogP contribution < -0.4 is 10.6 Å². The SMILES string of the molecule is Cc1cccc(NC(=O)CC(=O)Nc2ccc3c(-c4ccc(CN5CCN(C)CC5)cc4)n[nH]c3c2)c1. The van der Waals surface area contributed by atoms with Gasteiger partial charge in [-0.1, -0.05) is 36.4 Å². The summed E-state index contributed by atoms with van der Waals surface area (Å²) in [5.41, 5.74) is 6.35. The van der Waals surface area contributed by atoms with E-state index in [9.17, 15) is 9.59 Å². The van der Waals surface area contributed by atoms with Gasteiger partial charge in [0.25, 0.3) is 0 Å². The van der Waals surface area contributed by atoms with E-state index in [-0.39, 0.29) is 18.2 Å². The Bertz CT molecular complexity index is 1400. The monoisotopic (exact) mass is 496 g/mol. The fraction of sp³-hybridized carbons (Fsp3) is 0.276. The first-order valence-electron chi connectivity index (χ1n) is 12.6. The molecule has 1 aliphatic rings. The number of carbonyl (C=O) groups excluding carboxylic acids is 2. The van der Waals surface area contributed by atoms with E-state index in [1.807, 2.05) is 43.3 Å². The molecule has 190 valence electrons. The molecule has 0 radical (unpaired) electrons. The molecule has 1 saturated heterocycles. The average Bonchev–Trinajstić information content (AvgIpc) is 3.29. The van der Waals surface area contributed by atoms with Crippen LogP contribution in [-0.2, 0) is 16.1 Å². The summed E-state index contributed by atoms with van der Waals surface area (Å²) >= 11 is 0. The lowest BCUT2D eigenvalue weighted by Gasteiger charge is -2.32. The minimum atomic E-state index is -0.375. The number of aromatic amines is 1. The predicted molar refractivity (Wildman–Crippen MR) is 147 cm³/mol. The summed E-state index contributed by atoms with van der Waals surface area (Å²) in [6.45, 7) is 7.32. The maximum atomic E-state index is 12.4. The number of amides is 2. The second kappa shape index (κ2) is 10.9. The van der Waals surface area contributed by atoms with E-state index < -0.39 is 0 Å². The zero-order valence-electron chi connectivity index (χ0n) is 21.3. The Labute approximate surface area is 216 Å². The molecule has 5 rings (SSSR count). The number of carbonyl (C=O) groups is 2. The summed E-state index contributed by atoms with van der Waals surface area (Å²) in [6, 6.07) is 21.7. The zero-order valence-corrected chi connectivity index (χ0v) is 21.3. The number of benzene rings is 3. The summed E-state index contributed by atoms with van der Waals surface area (Å²) in [4.78, 5) is 29.5. The molecule has 1 aromatic heterocycles. The van der Waals surface area contributed by atoms with E-state index in [0.29, 0.717) is 11.4 Å². The molecule has 0 saturated carbocycles. The van der Waals surface area contributed by atoms with Crippen LogP contribution in [0.4, 0.5) is 11.4 Å². The lowest BCUT2D eigenvalue weighted by molar-refractivity contribution is -0.123. The van der Waals surface area contributed by atoms with E-state index in [2.05, 4.69) is 61.9 Å². The van der Waals surface area contributed by atoms with Gasteiger partial charge in [-0.25, -0.2) is 0 Å². The number of rotatable bonds is 7. The maximum absolute atomic E-state index is 12.4. The van der Waals surface area contributed by atoms with E-state index in [1.54, 1.807) is 6.07 Å². The Morgan fingerprint density at radius 3 is 2.30 bits per heavy atom. The molecule has 8 nitrogen and oxygen atoms in total. The highest BCUT2D eigenvalue weighted by molar-refractivity contribution is 6.08. The van der Waals surface area contributed by atoms with Gasteiger partial charge in [-0.05, 0) is 55.4 Å². The highest BCUT2D eigenvalue weighted by Crippen LogP contribution is 2.28. The van der Waals surface area contributed by atoms with Crippen molar-refractivity contribution in [3.05, 3.63) is 77.9 Å². The summed E-state index contributed by atoms with van der Waals surface area (Å²) in [6.07, 6.45) is -0.263. The summed E-state index contributed by atoms with van der Waals surface area (Å²) in [5.74, 6) is -0.732. The van der Waals surface area contributed by atoms with Crippen LogP contribution >= 0.6 is 0 Å². The molecule has 0 atom stereocenters. The molecule has 37 heavy (non-hydrogen) atoms. The van der Waals surface area contributed by atoms with Gasteiger partial charge < -0.3 is 15.5 Å². The maximum Gasteiger partial charge on any atom is 0.233 e. The van der Waals surface area contributed by atoms with Crippen molar-refractivity contribution in [1.29, 1.82) is 0 Å². The standard InChI is InChI=1S/C29H32N6O2/c1-20-4-3-5-23(16-20)30-27(36)18-28(37)31-24-10-11-25-26(17-24)32-33-29(25)22-8-6-21(7-9-22)19-35-14-12-34(2)13-15-35/h3-11,16-17H,12-15,18-19H2,1-2H3,(H,30,36)(H,31,37)(H,32,33). The quantitative estimate of drug-likeness (QED) is 0.333. The highest BCUT2D eigenvalue weighted by atomic mass is 16.2. The van der Waals surface area contributed by atoms with Crippen LogP contribution in [0.1, 0.15) is 17.5 Å². The molecule has 3 aromatic carbocycles. The number of nitrogens with one attached hydrogen (secondary N) is 3. The number of nitrogens with zero attached hydrogens (tertiary/aromatic N) is 3. The second-order valence-electron chi connectivity index (χ2n) is 9.75. The van der Waals surface area contributed by atoms with Crippen LogP contribution in [0.3, 0.4) is 0 Å². The van der Waals surface area contributed by atoms with Gasteiger partial charge in [0.05, 0.1) is 11.2 Å². The molecule has 1 fully saturated rings. The third-order valence-corrected chi connectivity index (χ3v) is 6.70. The van der Waals surface area contributed by atoms with E-state index >= 15 is 0 Å². The van der Waals surface area contributed by atoms with Crippen molar-refractivity contribution in [2.45, 2.75) is 19.9 Å². The van der Waals surface area contributed by atoms with E-state index in [4.69, 9.17) is 0 Å². The Morgan fingerprint density at radius 2 is 1.59 bits per heavy atom. The van der Waals surface area contributed by atoms with Crippen molar-refractivity contribution >= 4 is 34.1 Å². The topological polar surface area (TPSA) is 93.4 Å². The van der Waals surface area contributed by atoms with Crippen LogP contribution in [0.25, 0.3) is 22.2 Å². The molecular weight excluding hydrogens is 464 g/mol. The molecule has 0 bridgehead atoms. The Morgan fingerprint density at radius 1 is 0.892 bits per heavy atom. The number of hydrogen-bond acceptors (Lipinski definition) is 5. The van der Waals surface area contributed by atoms with Crippen molar-refractivity contribution in [2.24, 2.45) is 0 Å². The minimum Gasteiger partial charge on any atom is -0.326 e. The smallest absolute Gasteiger partial charge is 0.233 e. The minimum absolute atomic E-state index is 0.263. The highest BCUT2D eigenvalue weighted by Gasteiger charge is 2.15. The normalized spacial score (nSPS) is 14.5. The Kier molecular flexibility index (Phi) is 7.30. The number of anilines is 2. The molecule has 2 heterocycles. The average molecular weight is 497 g/mol. The molecule has 3 N–H and O–H groups in total. The Hall–Kier alpha value is -4.01. The first kappa shape index (κ1) is 24.7. The van der Waals surface area contributed by atoms with Crippen molar-refractivity contribution < 1.29 is 9.59 Å². The van der Waals surface area contributed by atoms with Gasteiger partial charge in [0.2, 0.25) is 11.8 Å². The summed E-state index contributed by atoms with van der Waals surface area (Å²) < 4.78 is 0. The number of piperazine rings is 1. The molecule has 0 spiro atoms. The number of aromatic nitrogens is 2. The number of aryl methyl sites for hydroxylation is 1. The Balaban J connectivity index is 1.20. The van der Waals surface area contributed by atoms with Crippen molar-refractivity contribution in [1.82, 2.24) is 20.0 Å². The van der Waals surface area contributed by atoms with Gasteiger partial charge in [-0.2, -0.15) is 5.10 Å². The second-order valence-corrected chi connectivity index (χ2v) is 9.75. The molecule has 0 unspecified atom stereocenters. The van der Waals surface area contributed by atoms with Crippen LogP contribution in [0.15, 0.2) is 66.7 Å². The van der Waals surface area contributed by atoms with Crippen molar-refractivity contribution in [3.63, 3.8) is 0 Å². The van der Waals surface area contributed by atoms with Crippen LogP contribution in [-0.4, -0.2) is 65.0 Å². The predicted octanol–water partition coefficient (Wildman–Crippen LogP) is 4.25. The lowest BCUT2D eigenvalue weighted by atomic mass is 10.0. The first-order chi connectivity index (χ1) is 17.9. The fourth-order valence-corrected chi connectivity index (χ4v) is 4.63. The largest absolute Gasteiger partial charge is 0.326 e. The van der Waals surface area contributed by atoms with Crippen LogP contribution in [0.5, 0.6) is 0 Å². The molecular formula is C29H32N6O2. The number of fused-ring (bicyclic) bond motifs is 1. The molecule has 0 aliphatic carbocycles. The van der Waals surface area contributed by atoms with Gasteiger partial charge in [0.1, 0.15) is 6.42 Å². The van der Waals surface area contributed by atoms with Gasteiger partial charge >= 0.3 is 0 Å². The fourth-order valence-electron chi connectivity index (χ4n) is 4.63. The molecule has 2 amide bonds. The van der Waals surface area contributed by atoms with Gasteiger partial charge in [-0.15, -0.1) is 0 Å². The molecule has 4 aromatic rings. The number of hydrogen-bond donors (Lipinski definition) is 3. The third-order valence-electron chi connectivity index (χ3n) is 6.70. The zero-order chi connectivity index (χ0) is 25.8. The number of H-pyrrole nitrogens is 1. The van der Waals surface area contributed by atoms with Crippen LogP contribution in [0.2, 0.25) is 0 Å². The van der Waals surface area contributed by atoms with Crippen molar-refractivity contribution in [2.75, 3.05) is 43.9 Å². The molecule has 1 aliphatic heterocycles. The van der Waals surface area contributed by atoms with E-state index in [0.717, 1.165) is 60.4 Å². The van der Waals surface area contributed by atoms with Gasteiger partial charge in [-0.3, -0.25) is 19.6 Å². The molecule has 8 heteroatoms. The first-order valence-corrected chi connectivity index (χ1v) is 12.6. The van der Waals surface area contributed by atoms with Gasteiger partial charge in [0.15, 0.2) is 0 Å². The van der Waals surface area contributed by atoms with E-state index in [1.165, 1.54) is 5.56 Å². The summed E-state index contributed by atoms with van der Waals surface area (Å²) in [7, 11) is 2.17. The van der Waals surface area contributed by atoms with Crippen molar-refractivity contribution in [3.8, 4) is 11.3 Å².